The van der Waals surface area contributed by atoms with Gasteiger partial charge in [-0.25, -0.2) is 0 Å². The highest BCUT2D eigenvalue weighted by Crippen LogP contribution is 1.71. The van der Waals surface area contributed by atoms with Gasteiger partial charge in [-0.15, -0.1) is 0 Å². The zero-order valence-corrected chi connectivity index (χ0v) is 6.03. The molecule has 0 aromatic heterocycles. The molecule has 0 aromatic rings. The maximum Gasteiger partial charge on any atom is 0.219 e. The van der Waals surface area contributed by atoms with E-state index >= 15 is 0 Å². The van der Waals surface area contributed by atoms with E-state index in [1.165, 1.54) is 0 Å². The summed E-state index contributed by atoms with van der Waals surface area (Å²) in [6.45, 7) is 3.41. The van der Waals surface area contributed by atoms with Gasteiger partial charge >= 0.3 is 0 Å². The molecule has 0 saturated heterocycles. The second kappa shape index (κ2) is 5.56. The highest BCUT2D eigenvalue weighted by atomic mass is 16.1. The van der Waals surface area contributed by atoms with Gasteiger partial charge in [0, 0.05) is 22.4 Å². The molecule has 58 valence electrons. The summed E-state index contributed by atoms with van der Waals surface area (Å²) in [6, 6.07) is 0. The summed E-state index contributed by atoms with van der Waals surface area (Å²) in [7, 11) is 1.86. The molecule has 0 radical (unpaired) electrons. The van der Waals surface area contributed by atoms with Gasteiger partial charge in [-0.2, -0.15) is 0 Å². The lowest BCUT2D eigenvalue weighted by Crippen LogP contribution is -2.29. The van der Waals surface area contributed by atoms with E-state index < -0.39 is 0 Å². The number of carbonyl (C=O) groups excluding carboxylic acids is 1. The largest absolute Gasteiger partial charge is 0.355 e. The summed E-state index contributed by atoms with van der Waals surface area (Å²) < 4.78 is 0. The van der Waals surface area contributed by atoms with Crippen LogP contribution in [0.2, 0.25) is 0 Å². The molecule has 0 unspecified atom stereocenters. The lowest BCUT2D eigenvalue weighted by atomic mass is 10.4. The van der Waals surface area contributed by atoms with Crippen molar-refractivity contribution in [2.45, 2.75) is 13.3 Å². The SMILES string of the molecule is CCC(=O)NCCNC.[HH].[HH]. The maximum absolute atomic E-state index is 10.5. The van der Waals surface area contributed by atoms with Crippen molar-refractivity contribution in [3.05, 3.63) is 0 Å². The topological polar surface area (TPSA) is 41.1 Å². The van der Waals surface area contributed by atoms with Crippen molar-refractivity contribution >= 4 is 5.91 Å². The minimum Gasteiger partial charge on any atom is -0.355 e. The quantitative estimate of drug-likeness (QED) is 0.540. The number of carbonyl (C=O) groups is 1. The zero-order chi connectivity index (χ0) is 7.11. The molecule has 0 aliphatic heterocycles. The van der Waals surface area contributed by atoms with Crippen molar-refractivity contribution in [2.75, 3.05) is 20.1 Å². The Hall–Kier alpha value is -0.570. The van der Waals surface area contributed by atoms with Gasteiger partial charge in [0.1, 0.15) is 0 Å². The fraction of sp³-hybridized carbons (Fsp3) is 0.833. The summed E-state index contributed by atoms with van der Waals surface area (Å²) >= 11 is 0. The van der Waals surface area contributed by atoms with E-state index in [4.69, 9.17) is 0 Å². The molecule has 0 rings (SSSR count). The van der Waals surface area contributed by atoms with Gasteiger partial charge in [0.25, 0.3) is 0 Å². The van der Waals surface area contributed by atoms with Gasteiger partial charge in [0.2, 0.25) is 5.91 Å². The number of nitrogens with one attached hydrogen (secondary N) is 2. The second-order valence-corrected chi connectivity index (χ2v) is 1.81. The first-order valence-electron chi connectivity index (χ1n) is 3.22. The highest BCUT2D eigenvalue weighted by molar-refractivity contribution is 5.75. The van der Waals surface area contributed by atoms with Gasteiger partial charge in [-0.1, -0.05) is 6.92 Å². The minimum atomic E-state index is 0. The molecule has 0 aliphatic rings. The molecule has 3 nitrogen and oxygen atoms in total. The molecule has 0 fully saturated rings. The smallest absolute Gasteiger partial charge is 0.219 e. The second-order valence-electron chi connectivity index (χ2n) is 1.81. The van der Waals surface area contributed by atoms with Crippen LogP contribution in [0, 0.1) is 0 Å². The van der Waals surface area contributed by atoms with Gasteiger partial charge in [-0.3, -0.25) is 4.79 Å². The third-order valence-electron chi connectivity index (χ3n) is 1.02. The van der Waals surface area contributed by atoms with Crippen LogP contribution in [-0.4, -0.2) is 26.0 Å². The van der Waals surface area contributed by atoms with E-state index in [0.717, 1.165) is 13.1 Å². The molecule has 1 amide bonds. The summed E-state index contributed by atoms with van der Waals surface area (Å²) in [5.41, 5.74) is 0. The Bertz CT molecular complexity index is 90.7. The van der Waals surface area contributed by atoms with Crippen LogP contribution in [0.15, 0.2) is 0 Å². The maximum atomic E-state index is 10.5. The molecule has 0 heterocycles. The first-order chi connectivity index (χ1) is 4.31. The van der Waals surface area contributed by atoms with Gasteiger partial charge in [0.05, 0.1) is 0 Å². The average molecular weight is 134 g/mol. The standard InChI is InChI=1S/C6H14N2O.2H2/c1-3-6(9)8-5-4-7-2;;/h7H,3-5H2,1-2H3,(H,8,9);2*1H. The Kier molecular flexibility index (Phi) is 5.21. The predicted molar refractivity (Wildman–Crippen MR) is 41.5 cm³/mol. The van der Waals surface area contributed by atoms with Crippen molar-refractivity contribution in [3.63, 3.8) is 0 Å². The summed E-state index contributed by atoms with van der Waals surface area (Å²) in [5.74, 6) is 0.116. The lowest BCUT2D eigenvalue weighted by molar-refractivity contribution is -0.120. The first kappa shape index (κ1) is 8.43. The summed E-state index contributed by atoms with van der Waals surface area (Å²) in [6.07, 6.45) is 0.573. The van der Waals surface area contributed by atoms with Crippen LogP contribution in [0.3, 0.4) is 0 Å². The number of rotatable bonds is 4. The van der Waals surface area contributed by atoms with Crippen LogP contribution >= 0.6 is 0 Å². The lowest BCUT2D eigenvalue weighted by Gasteiger charge is -2.00. The van der Waals surface area contributed by atoms with Crippen molar-refractivity contribution in [1.82, 2.24) is 10.6 Å². The minimum absolute atomic E-state index is 0. The monoisotopic (exact) mass is 134 g/mol. The normalized spacial score (nSPS) is 9.11. The van der Waals surface area contributed by atoms with Gasteiger partial charge in [-0.05, 0) is 7.05 Å². The Morgan fingerprint density at radius 2 is 2.22 bits per heavy atom. The molecule has 9 heavy (non-hydrogen) atoms. The van der Waals surface area contributed by atoms with Crippen LogP contribution in [-0.2, 0) is 4.79 Å². The van der Waals surface area contributed by atoms with E-state index in [2.05, 4.69) is 10.6 Å². The van der Waals surface area contributed by atoms with Gasteiger partial charge in [0.15, 0.2) is 0 Å². The van der Waals surface area contributed by atoms with Crippen LogP contribution in [0.4, 0.5) is 0 Å². The van der Waals surface area contributed by atoms with Crippen LogP contribution in [0.25, 0.3) is 0 Å². The van der Waals surface area contributed by atoms with Crippen LogP contribution < -0.4 is 10.6 Å². The van der Waals surface area contributed by atoms with Gasteiger partial charge < -0.3 is 10.6 Å². The predicted octanol–water partition coefficient (Wildman–Crippen LogP) is 0.224. The molecule has 3 heteroatoms. The van der Waals surface area contributed by atoms with Crippen LogP contribution in [0.5, 0.6) is 0 Å². The highest BCUT2D eigenvalue weighted by Gasteiger charge is 1.91. The van der Waals surface area contributed by atoms with E-state index in [1.54, 1.807) is 0 Å². The van der Waals surface area contributed by atoms with E-state index in [-0.39, 0.29) is 8.76 Å². The molecule has 0 saturated carbocycles. The number of hydrogen-bond donors (Lipinski definition) is 2. The average Bonchev–Trinajstić information content (AvgIpc) is 1.89. The van der Waals surface area contributed by atoms with Crippen molar-refractivity contribution in [2.24, 2.45) is 0 Å². The first-order valence-corrected chi connectivity index (χ1v) is 3.22. The van der Waals surface area contributed by atoms with E-state index in [1.807, 2.05) is 14.0 Å². The molecular formula is C6H18N2O. The summed E-state index contributed by atoms with van der Waals surface area (Å²) in [4.78, 5) is 10.5. The fourth-order valence-corrected chi connectivity index (χ4v) is 0.452. The third-order valence-corrected chi connectivity index (χ3v) is 1.02. The molecule has 2 N–H and O–H groups in total. The zero-order valence-electron chi connectivity index (χ0n) is 6.03. The third kappa shape index (κ3) is 5.30. The molecule has 0 aromatic carbocycles. The van der Waals surface area contributed by atoms with Crippen molar-refractivity contribution in [3.8, 4) is 0 Å². The number of amides is 1. The Morgan fingerprint density at radius 1 is 1.56 bits per heavy atom. The number of hydrogen-bond acceptors (Lipinski definition) is 2. The fourth-order valence-electron chi connectivity index (χ4n) is 0.452. The molecule has 0 aliphatic carbocycles. The van der Waals surface area contributed by atoms with Crippen molar-refractivity contribution in [1.29, 1.82) is 0 Å². The number of likely N-dealkylation sites (N-methyl/N-ethyl adjacent to an activating group) is 1. The van der Waals surface area contributed by atoms with E-state index in [0.29, 0.717) is 6.42 Å². The van der Waals surface area contributed by atoms with Crippen molar-refractivity contribution < 1.29 is 7.65 Å². The molecular weight excluding hydrogens is 116 g/mol. The Morgan fingerprint density at radius 3 is 2.67 bits per heavy atom. The summed E-state index contributed by atoms with van der Waals surface area (Å²) in [5, 5.41) is 5.66. The Balaban J connectivity index is -0.000000320. The molecule has 0 bridgehead atoms. The Labute approximate surface area is 58.8 Å². The van der Waals surface area contributed by atoms with Crippen LogP contribution in [0.1, 0.15) is 16.2 Å². The van der Waals surface area contributed by atoms with E-state index in [9.17, 15) is 4.79 Å². The molecule has 0 atom stereocenters. The molecule has 0 spiro atoms.